The molecule has 2 aromatic heterocycles. The number of fused-ring (bicyclic) bond motifs is 1. The summed E-state index contributed by atoms with van der Waals surface area (Å²) >= 11 is 0. The largest absolute Gasteiger partial charge is 0.361 e. The standard InChI is InChI=1S/C19H21N3O/c1-4-8-14-11-12-20-16(14)13-15(5-2)22-18-10-7-6-9-17(18)21(3)19(22)23/h5-7,9-13,20H,2,4,8H2,1,3H3/b15-13+. The van der Waals surface area contributed by atoms with Gasteiger partial charge in [-0.3, -0.25) is 9.13 Å². The average Bonchev–Trinajstić information content (AvgIpc) is 3.10. The SMILES string of the molecule is C=C/C(=C\c1[nH]ccc1CCC)n1c(=O)n(C)c2ccccc21. The average molecular weight is 307 g/mol. The predicted molar refractivity (Wildman–Crippen MR) is 96.3 cm³/mol. The van der Waals surface area contributed by atoms with Gasteiger partial charge < -0.3 is 4.98 Å². The fraction of sp³-hybridized carbons (Fsp3) is 0.211. The molecule has 4 heteroatoms. The van der Waals surface area contributed by atoms with Crippen molar-refractivity contribution in [3.63, 3.8) is 0 Å². The lowest BCUT2D eigenvalue weighted by Crippen LogP contribution is -2.21. The Balaban J connectivity index is 2.21. The quantitative estimate of drug-likeness (QED) is 0.716. The van der Waals surface area contributed by atoms with E-state index in [0.29, 0.717) is 0 Å². The maximum absolute atomic E-state index is 12.7. The number of aromatic nitrogens is 3. The second-order valence-corrected chi connectivity index (χ2v) is 5.61. The van der Waals surface area contributed by atoms with Crippen LogP contribution in [0.4, 0.5) is 0 Å². The maximum Gasteiger partial charge on any atom is 0.333 e. The zero-order valence-corrected chi connectivity index (χ0v) is 13.5. The van der Waals surface area contributed by atoms with Gasteiger partial charge in [-0.05, 0) is 42.3 Å². The number of aryl methyl sites for hydroxylation is 2. The van der Waals surface area contributed by atoms with Gasteiger partial charge in [-0.25, -0.2) is 4.79 Å². The first-order valence-corrected chi connectivity index (χ1v) is 7.84. The summed E-state index contributed by atoms with van der Waals surface area (Å²) < 4.78 is 3.37. The highest BCUT2D eigenvalue weighted by Crippen LogP contribution is 2.20. The molecule has 3 aromatic rings. The van der Waals surface area contributed by atoms with Crippen molar-refractivity contribution in [1.29, 1.82) is 0 Å². The lowest BCUT2D eigenvalue weighted by atomic mass is 10.1. The van der Waals surface area contributed by atoms with E-state index in [0.717, 1.165) is 35.3 Å². The summed E-state index contributed by atoms with van der Waals surface area (Å²) in [5.41, 5.74) is 4.77. The van der Waals surface area contributed by atoms with E-state index in [4.69, 9.17) is 0 Å². The van der Waals surface area contributed by atoms with Crippen molar-refractivity contribution < 1.29 is 0 Å². The third-order valence-corrected chi connectivity index (χ3v) is 4.11. The number of hydrogen-bond donors (Lipinski definition) is 1. The number of rotatable bonds is 5. The van der Waals surface area contributed by atoms with Crippen LogP contribution in [0.2, 0.25) is 0 Å². The Labute approximate surface area is 135 Å². The zero-order valence-electron chi connectivity index (χ0n) is 13.5. The highest BCUT2D eigenvalue weighted by Gasteiger charge is 2.12. The van der Waals surface area contributed by atoms with Crippen LogP contribution < -0.4 is 5.69 Å². The van der Waals surface area contributed by atoms with E-state index < -0.39 is 0 Å². The molecule has 0 aliphatic heterocycles. The Hall–Kier alpha value is -2.75. The Kier molecular flexibility index (Phi) is 4.06. The molecule has 23 heavy (non-hydrogen) atoms. The smallest absolute Gasteiger partial charge is 0.333 e. The van der Waals surface area contributed by atoms with Crippen molar-refractivity contribution in [3.8, 4) is 0 Å². The molecule has 0 radical (unpaired) electrons. The van der Waals surface area contributed by atoms with Crippen LogP contribution in [0.5, 0.6) is 0 Å². The van der Waals surface area contributed by atoms with Gasteiger partial charge in [0.15, 0.2) is 0 Å². The number of hydrogen-bond acceptors (Lipinski definition) is 1. The number of benzene rings is 1. The van der Waals surface area contributed by atoms with E-state index in [1.54, 1.807) is 22.3 Å². The zero-order chi connectivity index (χ0) is 16.4. The number of aromatic amines is 1. The van der Waals surface area contributed by atoms with Crippen molar-refractivity contribution in [2.75, 3.05) is 0 Å². The monoisotopic (exact) mass is 307 g/mol. The molecule has 0 bridgehead atoms. The molecule has 0 aliphatic rings. The number of nitrogens with zero attached hydrogens (tertiary/aromatic N) is 2. The van der Waals surface area contributed by atoms with Crippen molar-refractivity contribution in [2.24, 2.45) is 7.05 Å². The molecule has 0 atom stereocenters. The van der Waals surface area contributed by atoms with Crippen molar-refractivity contribution in [3.05, 3.63) is 70.9 Å². The van der Waals surface area contributed by atoms with Crippen LogP contribution in [0.25, 0.3) is 22.8 Å². The second kappa shape index (κ2) is 6.16. The minimum atomic E-state index is -0.0686. The number of imidazole rings is 1. The molecule has 1 N–H and O–H groups in total. The van der Waals surface area contributed by atoms with Crippen molar-refractivity contribution >= 4 is 22.8 Å². The fourth-order valence-corrected chi connectivity index (χ4v) is 2.94. The van der Waals surface area contributed by atoms with Gasteiger partial charge >= 0.3 is 5.69 Å². The van der Waals surface area contributed by atoms with Gasteiger partial charge in [-0.15, -0.1) is 0 Å². The molecule has 0 saturated carbocycles. The third kappa shape index (κ3) is 2.57. The van der Waals surface area contributed by atoms with Crippen LogP contribution in [0, 0.1) is 0 Å². The van der Waals surface area contributed by atoms with Crippen molar-refractivity contribution in [1.82, 2.24) is 14.1 Å². The normalized spacial score (nSPS) is 12.0. The van der Waals surface area contributed by atoms with Gasteiger partial charge in [0.2, 0.25) is 0 Å². The molecule has 0 aliphatic carbocycles. The van der Waals surface area contributed by atoms with E-state index in [9.17, 15) is 4.79 Å². The van der Waals surface area contributed by atoms with Gasteiger partial charge in [0.1, 0.15) is 0 Å². The molecule has 0 amide bonds. The Morgan fingerprint density at radius 3 is 2.70 bits per heavy atom. The van der Waals surface area contributed by atoms with Crippen LogP contribution in [0.1, 0.15) is 24.6 Å². The first kappa shape index (κ1) is 15.2. The van der Waals surface area contributed by atoms with Gasteiger partial charge in [0, 0.05) is 18.9 Å². The van der Waals surface area contributed by atoms with Crippen LogP contribution >= 0.6 is 0 Å². The summed E-state index contributed by atoms with van der Waals surface area (Å²) in [5, 5.41) is 0. The number of allylic oxidation sites excluding steroid dienone is 2. The molecule has 0 unspecified atom stereocenters. The van der Waals surface area contributed by atoms with Crippen LogP contribution in [0.3, 0.4) is 0 Å². The Morgan fingerprint density at radius 2 is 2.00 bits per heavy atom. The van der Waals surface area contributed by atoms with Gasteiger partial charge in [0.25, 0.3) is 0 Å². The lowest BCUT2D eigenvalue weighted by molar-refractivity contribution is 0.856. The summed E-state index contributed by atoms with van der Waals surface area (Å²) in [7, 11) is 1.79. The molecule has 3 rings (SSSR count). The molecule has 0 spiro atoms. The van der Waals surface area contributed by atoms with Gasteiger partial charge in [0.05, 0.1) is 16.7 Å². The summed E-state index contributed by atoms with van der Waals surface area (Å²) in [6.45, 7) is 6.06. The highest BCUT2D eigenvalue weighted by atomic mass is 16.1. The van der Waals surface area contributed by atoms with E-state index >= 15 is 0 Å². The van der Waals surface area contributed by atoms with E-state index in [2.05, 4.69) is 24.6 Å². The minimum absolute atomic E-state index is 0.0686. The maximum atomic E-state index is 12.7. The molecule has 0 fully saturated rings. The van der Waals surface area contributed by atoms with Gasteiger partial charge in [-0.2, -0.15) is 0 Å². The summed E-state index contributed by atoms with van der Waals surface area (Å²) in [6, 6.07) is 9.87. The molecule has 2 heterocycles. The second-order valence-electron chi connectivity index (χ2n) is 5.61. The summed E-state index contributed by atoms with van der Waals surface area (Å²) in [4.78, 5) is 15.9. The topological polar surface area (TPSA) is 42.7 Å². The van der Waals surface area contributed by atoms with Gasteiger partial charge in [-0.1, -0.05) is 32.1 Å². The first-order valence-electron chi connectivity index (χ1n) is 7.84. The number of para-hydroxylation sites is 2. The van der Waals surface area contributed by atoms with E-state index in [-0.39, 0.29) is 5.69 Å². The molecule has 4 nitrogen and oxygen atoms in total. The van der Waals surface area contributed by atoms with E-state index in [1.807, 2.05) is 36.5 Å². The molecule has 0 saturated heterocycles. The molecule has 118 valence electrons. The first-order chi connectivity index (χ1) is 11.2. The van der Waals surface area contributed by atoms with Crippen LogP contribution in [-0.2, 0) is 13.5 Å². The lowest BCUT2D eigenvalue weighted by Gasteiger charge is -2.05. The predicted octanol–water partition coefficient (Wildman–Crippen LogP) is 3.80. The molecule has 1 aromatic carbocycles. The van der Waals surface area contributed by atoms with E-state index in [1.165, 1.54) is 5.56 Å². The van der Waals surface area contributed by atoms with Crippen LogP contribution in [0.15, 0.2) is 54.0 Å². The molecular weight excluding hydrogens is 286 g/mol. The van der Waals surface area contributed by atoms with Crippen LogP contribution in [-0.4, -0.2) is 14.1 Å². The Morgan fingerprint density at radius 1 is 1.26 bits per heavy atom. The molecular formula is C19H21N3O. The number of H-pyrrole nitrogens is 1. The summed E-state index contributed by atoms with van der Waals surface area (Å²) in [6.07, 6.45) is 7.74. The summed E-state index contributed by atoms with van der Waals surface area (Å²) in [5.74, 6) is 0. The fourth-order valence-electron chi connectivity index (χ4n) is 2.94. The Bertz CT molecular complexity index is 937. The number of nitrogens with one attached hydrogen (secondary N) is 1. The highest BCUT2D eigenvalue weighted by molar-refractivity contribution is 5.86. The minimum Gasteiger partial charge on any atom is -0.361 e. The third-order valence-electron chi connectivity index (χ3n) is 4.11. The van der Waals surface area contributed by atoms with Crippen molar-refractivity contribution in [2.45, 2.75) is 19.8 Å².